The van der Waals surface area contributed by atoms with Crippen LogP contribution in [-0.4, -0.2) is 30.9 Å². The van der Waals surface area contributed by atoms with E-state index in [1.165, 1.54) is 0 Å². The van der Waals surface area contributed by atoms with Crippen molar-refractivity contribution >= 4 is 10.1 Å². The highest BCUT2D eigenvalue weighted by molar-refractivity contribution is 7.86. The number of nitrogens with zero attached hydrogens (tertiary/aromatic N) is 3. The quantitative estimate of drug-likeness (QED) is 0.375. The molecule has 0 amide bonds. The van der Waals surface area contributed by atoms with Gasteiger partial charge in [0.15, 0.2) is 0 Å². The number of hydrogen-bond donors (Lipinski definition) is 1. The van der Waals surface area contributed by atoms with Gasteiger partial charge in [0.1, 0.15) is 0 Å². The van der Waals surface area contributed by atoms with Gasteiger partial charge in [0.25, 0.3) is 10.1 Å². The molecular weight excluding hydrogens is 306 g/mol. The largest absolute Gasteiger partial charge is 0.376 e. The van der Waals surface area contributed by atoms with Gasteiger partial charge in [0.2, 0.25) is 0 Å². The van der Waals surface area contributed by atoms with Crippen LogP contribution in [0.25, 0.3) is 10.4 Å². The number of rotatable bonds is 6. The zero-order chi connectivity index (χ0) is 16.0. The predicted octanol–water partition coefficient (Wildman–Crippen LogP) is 2.94. The second-order valence-electron chi connectivity index (χ2n) is 5.44. The summed E-state index contributed by atoms with van der Waals surface area (Å²) >= 11 is 0. The number of benzene rings is 1. The van der Waals surface area contributed by atoms with E-state index in [1.807, 2.05) is 30.3 Å². The summed E-state index contributed by atoms with van der Waals surface area (Å²) in [5, 5.41) is 2.44. The number of ether oxygens (including phenoxy) is 1. The lowest BCUT2D eigenvalue weighted by Crippen LogP contribution is -2.44. The predicted molar refractivity (Wildman–Crippen MR) is 81.7 cm³/mol. The van der Waals surface area contributed by atoms with Crippen LogP contribution in [0.15, 0.2) is 35.4 Å². The summed E-state index contributed by atoms with van der Waals surface area (Å²) in [6, 6.07) is 8.81. The lowest BCUT2D eigenvalue weighted by atomic mass is 9.86. The molecule has 7 nitrogen and oxygen atoms in total. The van der Waals surface area contributed by atoms with Crippen molar-refractivity contribution in [3.63, 3.8) is 0 Å². The Kier molecular flexibility index (Phi) is 5.79. The van der Waals surface area contributed by atoms with E-state index < -0.39 is 21.4 Å². The van der Waals surface area contributed by atoms with Crippen LogP contribution >= 0.6 is 0 Å². The van der Waals surface area contributed by atoms with Gasteiger partial charge in [0, 0.05) is 10.8 Å². The standard InChI is InChI=1S/C14H19N3O4S/c15-17-16-13-8-4-7-12(14(13)22(18,19)20)10-21-9-11-5-2-1-3-6-11/h1-3,5-6,12-14H,4,7-10H2,(H,18,19,20). The molecule has 0 saturated heterocycles. The van der Waals surface area contributed by atoms with Gasteiger partial charge in [-0.15, -0.1) is 0 Å². The summed E-state index contributed by atoms with van der Waals surface area (Å²) < 4.78 is 38.3. The van der Waals surface area contributed by atoms with Gasteiger partial charge in [-0.1, -0.05) is 41.9 Å². The van der Waals surface area contributed by atoms with Gasteiger partial charge >= 0.3 is 0 Å². The summed E-state index contributed by atoms with van der Waals surface area (Å²) in [4.78, 5) is 2.69. The summed E-state index contributed by atoms with van der Waals surface area (Å²) in [7, 11) is -4.29. The lowest BCUT2D eigenvalue weighted by Gasteiger charge is -2.33. The second-order valence-corrected chi connectivity index (χ2v) is 7.02. The van der Waals surface area contributed by atoms with Crippen LogP contribution in [0.4, 0.5) is 0 Å². The fourth-order valence-corrected chi connectivity index (χ4v) is 4.23. The topological polar surface area (TPSA) is 112 Å². The zero-order valence-electron chi connectivity index (χ0n) is 12.1. The Balaban J connectivity index is 2.02. The molecule has 1 aromatic rings. The molecule has 0 bridgehead atoms. The number of hydrogen-bond acceptors (Lipinski definition) is 4. The minimum absolute atomic E-state index is 0.205. The third kappa shape index (κ3) is 4.45. The van der Waals surface area contributed by atoms with Crippen molar-refractivity contribution in [2.45, 2.75) is 37.2 Å². The maximum Gasteiger partial charge on any atom is 0.268 e. The molecule has 3 unspecified atom stereocenters. The Labute approximate surface area is 129 Å². The average Bonchev–Trinajstić information content (AvgIpc) is 2.48. The van der Waals surface area contributed by atoms with Gasteiger partial charge < -0.3 is 4.74 Å². The summed E-state index contributed by atoms with van der Waals surface area (Å²) in [6.45, 7) is 0.582. The van der Waals surface area contributed by atoms with Crippen LogP contribution in [0, 0.1) is 5.92 Å². The molecule has 1 fully saturated rings. The number of azide groups is 1. The summed E-state index contributed by atoms with van der Waals surface area (Å²) in [5.74, 6) is -0.372. The van der Waals surface area contributed by atoms with Crippen molar-refractivity contribution in [1.82, 2.24) is 0 Å². The summed E-state index contributed by atoms with van der Waals surface area (Å²) in [6.07, 6.45) is 1.83. The first-order valence-electron chi connectivity index (χ1n) is 7.14. The highest BCUT2D eigenvalue weighted by Gasteiger charge is 2.41. The first kappa shape index (κ1) is 16.8. The molecule has 1 aromatic carbocycles. The molecule has 8 heteroatoms. The van der Waals surface area contributed by atoms with E-state index in [1.54, 1.807) is 0 Å². The maximum absolute atomic E-state index is 11.6. The van der Waals surface area contributed by atoms with Crippen LogP contribution < -0.4 is 0 Å². The first-order valence-corrected chi connectivity index (χ1v) is 8.65. The third-order valence-electron chi connectivity index (χ3n) is 3.91. The van der Waals surface area contributed by atoms with Gasteiger partial charge in [-0.05, 0) is 23.9 Å². The Morgan fingerprint density at radius 2 is 2.05 bits per heavy atom. The fraction of sp³-hybridized carbons (Fsp3) is 0.571. The Morgan fingerprint density at radius 3 is 2.68 bits per heavy atom. The molecule has 22 heavy (non-hydrogen) atoms. The van der Waals surface area contributed by atoms with Gasteiger partial charge in [0.05, 0.1) is 24.5 Å². The Morgan fingerprint density at radius 1 is 1.32 bits per heavy atom. The van der Waals surface area contributed by atoms with Crippen LogP contribution in [0.2, 0.25) is 0 Å². The molecule has 1 aliphatic carbocycles. The van der Waals surface area contributed by atoms with E-state index in [2.05, 4.69) is 10.0 Å². The zero-order valence-corrected chi connectivity index (χ0v) is 12.9. The normalized spacial score (nSPS) is 25.4. The molecule has 0 heterocycles. The third-order valence-corrected chi connectivity index (χ3v) is 5.29. The van der Waals surface area contributed by atoms with Gasteiger partial charge in [-0.25, -0.2) is 0 Å². The molecule has 120 valence electrons. The molecule has 1 aliphatic rings. The van der Waals surface area contributed by atoms with Crippen molar-refractivity contribution in [1.29, 1.82) is 0 Å². The van der Waals surface area contributed by atoms with Crippen LogP contribution in [0.3, 0.4) is 0 Å². The fourth-order valence-electron chi connectivity index (χ4n) is 2.94. The van der Waals surface area contributed by atoms with Gasteiger partial charge in [-0.3, -0.25) is 4.55 Å². The van der Waals surface area contributed by atoms with Crippen molar-refractivity contribution in [2.75, 3.05) is 6.61 Å². The smallest absolute Gasteiger partial charge is 0.268 e. The molecule has 2 rings (SSSR count). The molecule has 3 atom stereocenters. The SMILES string of the molecule is [N-]=[N+]=NC1CCCC(COCc2ccccc2)C1S(=O)(=O)O. The van der Waals surface area contributed by atoms with E-state index in [0.717, 1.165) is 12.0 Å². The monoisotopic (exact) mass is 325 g/mol. The van der Waals surface area contributed by atoms with Crippen molar-refractivity contribution in [3.8, 4) is 0 Å². The van der Waals surface area contributed by atoms with Crippen LogP contribution in [0.5, 0.6) is 0 Å². The van der Waals surface area contributed by atoms with Crippen molar-refractivity contribution < 1.29 is 17.7 Å². The minimum atomic E-state index is -4.29. The average molecular weight is 325 g/mol. The molecule has 1 N–H and O–H groups in total. The van der Waals surface area contributed by atoms with E-state index >= 15 is 0 Å². The van der Waals surface area contributed by atoms with E-state index in [9.17, 15) is 13.0 Å². The second kappa shape index (κ2) is 7.60. The van der Waals surface area contributed by atoms with E-state index in [-0.39, 0.29) is 12.5 Å². The molecule has 0 aliphatic heterocycles. The van der Waals surface area contributed by atoms with E-state index in [4.69, 9.17) is 10.3 Å². The van der Waals surface area contributed by atoms with Crippen LogP contribution in [-0.2, 0) is 21.5 Å². The molecule has 1 saturated carbocycles. The van der Waals surface area contributed by atoms with E-state index in [0.29, 0.717) is 19.4 Å². The summed E-state index contributed by atoms with van der Waals surface area (Å²) in [5.41, 5.74) is 9.56. The van der Waals surface area contributed by atoms with Gasteiger partial charge in [-0.2, -0.15) is 8.42 Å². The minimum Gasteiger partial charge on any atom is -0.376 e. The maximum atomic E-state index is 11.6. The Bertz CT molecular complexity index is 629. The lowest BCUT2D eigenvalue weighted by molar-refractivity contribution is 0.0711. The van der Waals surface area contributed by atoms with Crippen LogP contribution in [0.1, 0.15) is 24.8 Å². The highest BCUT2D eigenvalue weighted by Crippen LogP contribution is 2.32. The molecular formula is C14H19N3O4S. The highest BCUT2D eigenvalue weighted by atomic mass is 32.2. The molecule has 0 radical (unpaired) electrons. The first-order chi connectivity index (χ1) is 10.5. The molecule has 0 aromatic heterocycles. The van der Waals surface area contributed by atoms with Crippen molar-refractivity contribution in [3.05, 3.63) is 46.3 Å². The van der Waals surface area contributed by atoms with Crippen molar-refractivity contribution in [2.24, 2.45) is 11.0 Å². The Hall–Kier alpha value is -1.60. The molecule has 0 spiro atoms.